The Hall–Kier alpha value is -2.57. The van der Waals surface area contributed by atoms with Crippen LogP contribution in [0, 0.1) is 0 Å². The smallest absolute Gasteiger partial charge is 0.287 e. The molecule has 5 nitrogen and oxygen atoms in total. The Kier molecular flexibility index (Phi) is 4.65. The zero-order valence-corrected chi connectivity index (χ0v) is 12.0. The zero-order valence-electron chi connectivity index (χ0n) is 12.0. The van der Waals surface area contributed by atoms with Crippen molar-refractivity contribution in [1.29, 1.82) is 0 Å². The molecule has 0 aliphatic carbocycles. The molecule has 1 aromatic heterocycles. The van der Waals surface area contributed by atoms with Crippen molar-refractivity contribution in [3.63, 3.8) is 0 Å². The Morgan fingerprint density at radius 2 is 1.95 bits per heavy atom. The molecular weight excluding hydrogens is 290 g/mol. The van der Waals surface area contributed by atoms with Crippen LogP contribution in [-0.2, 0) is 17.1 Å². The monoisotopic (exact) mass is 306 g/mol. The maximum absolute atomic E-state index is 13.2. The van der Waals surface area contributed by atoms with E-state index in [0.29, 0.717) is 12.1 Å². The molecule has 1 amide bonds. The summed E-state index contributed by atoms with van der Waals surface area (Å²) in [5, 5.41) is 2.86. The third-order valence-electron chi connectivity index (χ3n) is 2.98. The van der Waals surface area contributed by atoms with Gasteiger partial charge in [0, 0.05) is 25.2 Å². The van der Waals surface area contributed by atoms with Gasteiger partial charge in [-0.1, -0.05) is 12.1 Å². The second-order valence-corrected chi connectivity index (χ2v) is 4.94. The zero-order chi connectivity index (χ0) is 16.2. The molecule has 0 saturated heterocycles. The van der Waals surface area contributed by atoms with Gasteiger partial charge in [0.15, 0.2) is 0 Å². The first-order valence-electron chi connectivity index (χ1n) is 6.70. The van der Waals surface area contributed by atoms with E-state index in [9.17, 15) is 13.6 Å². The highest BCUT2D eigenvalue weighted by atomic mass is 19.3. The molecule has 1 heterocycles. The molecule has 0 atom stereocenters. The van der Waals surface area contributed by atoms with Gasteiger partial charge in [-0.25, -0.2) is 9.97 Å². The molecule has 0 spiro atoms. The minimum atomic E-state index is -3.02. The van der Waals surface area contributed by atoms with E-state index in [-0.39, 0.29) is 24.0 Å². The molecule has 0 fully saturated rings. The first-order chi connectivity index (χ1) is 10.3. The highest BCUT2D eigenvalue weighted by molar-refractivity contribution is 5.74. The number of amides is 1. The second kappa shape index (κ2) is 6.46. The number of nitrogens with one attached hydrogen (secondary N) is 1. The number of rotatable bonds is 6. The first kappa shape index (κ1) is 15.8. The second-order valence-electron chi connectivity index (χ2n) is 4.94. The summed E-state index contributed by atoms with van der Waals surface area (Å²) in [4.78, 5) is 18.4. The highest BCUT2D eigenvalue weighted by Gasteiger charge is 2.26. The van der Waals surface area contributed by atoms with Gasteiger partial charge < -0.3 is 11.1 Å². The summed E-state index contributed by atoms with van der Waals surface area (Å²) in [6.45, 7) is 0.784. The number of hydrogen-bond acceptors (Lipinski definition) is 4. The number of primary amides is 1. The number of aryl methyl sites for hydroxylation is 1. The van der Waals surface area contributed by atoms with Gasteiger partial charge in [0.1, 0.15) is 5.69 Å². The van der Waals surface area contributed by atoms with E-state index in [2.05, 4.69) is 15.3 Å². The lowest BCUT2D eigenvalue weighted by Crippen LogP contribution is -2.11. The molecule has 2 aromatic rings. The van der Waals surface area contributed by atoms with Crippen LogP contribution < -0.4 is 11.1 Å². The van der Waals surface area contributed by atoms with Crippen molar-refractivity contribution < 1.29 is 13.6 Å². The molecule has 0 aliphatic heterocycles. The van der Waals surface area contributed by atoms with E-state index >= 15 is 0 Å². The van der Waals surface area contributed by atoms with Crippen LogP contribution in [0.2, 0.25) is 0 Å². The average Bonchev–Trinajstić information content (AvgIpc) is 2.46. The van der Waals surface area contributed by atoms with E-state index in [1.807, 2.05) is 12.1 Å². The van der Waals surface area contributed by atoms with Crippen LogP contribution in [0.5, 0.6) is 0 Å². The lowest BCUT2D eigenvalue weighted by Gasteiger charge is -2.11. The van der Waals surface area contributed by atoms with Crippen LogP contribution in [-0.4, -0.2) is 15.9 Å². The molecule has 2 rings (SSSR count). The van der Waals surface area contributed by atoms with E-state index in [1.54, 1.807) is 12.1 Å². The third kappa shape index (κ3) is 4.47. The maximum Gasteiger partial charge on any atom is 0.287 e. The van der Waals surface area contributed by atoms with Crippen molar-refractivity contribution in [1.82, 2.24) is 9.97 Å². The molecule has 0 unspecified atom stereocenters. The molecular formula is C15H16F2N4O. The predicted octanol–water partition coefficient (Wildman–Crippen LogP) is 2.75. The standard InChI is InChI=1S/C15H16F2N4O/c1-15(16,17)12-8-9-19-14(21-12)20-11-5-2-10(3-6-11)4-7-13(18)22/h2-3,5-6,8-9H,4,7H2,1H3,(H2,18,22)(H,19,20,21). The Morgan fingerprint density at radius 1 is 1.27 bits per heavy atom. The van der Waals surface area contributed by atoms with Gasteiger partial charge in [0.25, 0.3) is 5.92 Å². The number of anilines is 2. The normalized spacial score (nSPS) is 11.2. The fourth-order valence-electron chi connectivity index (χ4n) is 1.81. The van der Waals surface area contributed by atoms with Gasteiger partial charge in [-0.15, -0.1) is 0 Å². The average molecular weight is 306 g/mol. The molecule has 3 N–H and O–H groups in total. The molecule has 0 bridgehead atoms. The van der Waals surface area contributed by atoms with Gasteiger partial charge >= 0.3 is 0 Å². The minimum Gasteiger partial charge on any atom is -0.370 e. The molecule has 0 aliphatic rings. The number of benzene rings is 1. The fraction of sp³-hybridized carbons (Fsp3) is 0.267. The van der Waals surface area contributed by atoms with Crippen LogP contribution in [0.1, 0.15) is 24.6 Å². The van der Waals surface area contributed by atoms with Crippen molar-refractivity contribution in [2.24, 2.45) is 5.73 Å². The highest BCUT2D eigenvalue weighted by Crippen LogP contribution is 2.25. The molecule has 0 saturated carbocycles. The lowest BCUT2D eigenvalue weighted by atomic mass is 10.1. The minimum absolute atomic E-state index is 0.101. The van der Waals surface area contributed by atoms with Crippen LogP contribution in [0.25, 0.3) is 0 Å². The van der Waals surface area contributed by atoms with Crippen LogP contribution in [0.4, 0.5) is 20.4 Å². The van der Waals surface area contributed by atoms with Gasteiger partial charge in [0.05, 0.1) is 0 Å². The Bertz CT molecular complexity index is 653. The largest absolute Gasteiger partial charge is 0.370 e. The summed E-state index contributed by atoms with van der Waals surface area (Å²) in [5.41, 5.74) is 6.37. The number of carbonyl (C=O) groups is 1. The molecule has 22 heavy (non-hydrogen) atoms. The lowest BCUT2D eigenvalue weighted by molar-refractivity contribution is -0.117. The number of halogens is 2. The maximum atomic E-state index is 13.2. The van der Waals surface area contributed by atoms with Crippen molar-refractivity contribution >= 4 is 17.5 Å². The summed E-state index contributed by atoms with van der Waals surface area (Å²) < 4.78 is 26.4. The number of aromatic nitrogens is 2. The van der Waals surface area contributed by atoms with Crippen molar-refractivity contribution in [2.45, 2.75) is 25.7 Å². The van der Waals surface area contributed by atoms with Crippen LogP contribution >= 0.6 is 0 Å². The topological polar surface area (TPSA) is 80.9 Å². The summed E-state index contributed by atoms with van der Waals surface area (Å²) in [7, 11) is 0. The van der Waals surface area contributed by atoms with Gasteiger partial charge in [-0.05, 0) is 30.2 Å². The summed E-state index contributed by atoms with van der Waals surface area (Å²) in [6, 6.07) is 8.35. The van der Waals surface area contributed by atoms with Gasteiger partial charge in [-0.2, -0.15) is 8.78 Å². The molecule has 0 radical (unpaired) electrons. The van der Waals surface area contributed by atoms with Crippen molar-refractivity contribution in [3.8, 4) is 0 Å². The summed E-state index contributed by atoms with van der Waals surface area (Å²) in [5.74, 6) is -3.27. The Balaban J connectivity index is 2.06. The number of carbonyl (C=O) groups excluding carboxylic acids is 1. The summed E-state index contributed by atoms with van der Waals surface area (Å²) in [6.07, 6.45) is 2.12. The predicted molar refractivity (Wildman–Crippen MR) is 78.8 cm³/mol. The third-order valence-corrected chi connectivity index (χ3v) is 2.98. The number of alkyl halides is 2. The molecule has 7 heteroatoms. The number of nitrogens with zero attached hydrogens (tertiary/aromatic N) is 2. The SMILES string of the molecule is CC(F)(F)c1ccnc(Nc2ccc(CCC(N)=O)cc2)n1. The molecule has 1 aromatic carbocycles. The summed E-state index contributed by atoms with van der Waals surface area (Å²) >= 11 is 0. The van der Waals surface area contributed by atoms with E-state index < -0.39 is 5.92 Å². The van der Waals surface area contributed by atoms with E-state index in [4.69, 9.17) is 5.73 Å². The van der Waals surface area contributed by atoms with E-state index in [1.165, 1.54) is 12.3 Å². The number of hydrogen-bond donors (Lipinski definition) is 2. The fourth-order valence-corrected chi connectivity index (χ4v) is 1.81. The quantitative estimate of drug-likeness (QED) is 0.860. The first-order valence-corrected chi connectivity index (χ1v) is 6.70. The van der Waals surface area contributed by atoms with Crippen LogP contribution in [0.15, 0.2) is 36.5 Å². The number of nitrogens with two attached hydrogens (primary N) is 1. The van der Waals surface area contributed by atoms with Crippen molar-refractivity contribution in [2.75, 3.05) is 5.32 Å². The van der Waals surface area contributed by atoms with Gasteiger partial charge in [-0.3, -0.25) is 4.79 Å². The van der Waals surface area contributed by atoms with Crippen LogP contribution in [0.3, 0.4) is 0 Å². The van der Waals surface area contributed by atoms with Gasteiger partial charge in [0.2, 0.25) is 11.9 Å². The molecule has 116 valence electrons. The van der Waals surface area contributed by atoms with E-state index in [0.717, 1.165) is 12.5 Å². The Labute approximate surface area is 126 Å². The van der Waals surface area contributed by atoms with Crippen molar-refractivity contribution in [3.05, 3.63) is 47.8 Å². The Morgan fingerprint density at radius 3 is 2.55 bits per heavy atom.